The van der Waals surface area contributed by atoms with Gasteiger partial charge in [0.2, 0.25) is 11.9 Å². The quantitative estimate of drug-likeness (QED) is 0.692. The van der Waals surface area contributed by atoms with E-state index < -0.39 is 0 Å². The van der Waals surface area contributed by atoms with Gasteiger partial charge in [-0.1, -0.05) is 0 Å². The van der Waals surface area contributed by atoms with Gasteiger partial charge in [0.1, 0.15) is 0 Å². The largest absolute Gasteiger partial charge is 0.464 e. The number of hydrogen-bond donors (Lipinski definition) is 2. The molecule has 1 rings (SSSR count). The van der Waals surface area contributed by atoms with Gasteiger partial charge < -0.3 is 20.1 Å². The molecule has 1 heterocycles. The molecule has 0 aliphatic heterocycles. The minimum Gasteiger partial charge on any atom is -0.464 e. The smallest absolute Gasteiger partial charge is 0.323 e. The Morgan fingerprint density at radius 3 is 2.69 bits per heavy atom. The third kappa shape index (κ3) is 3.20. The number of nitrogens with one attached hydrogen (secondary N) is 1. The second kappa shape index (κ2) is 6.06. The van der Waals surface area contributed by atoms with Crippen molar-refractivity contribution in [3.63, 3.8) is 0 Å². The van der Waals surface area contributed by atoms with E-state index in [1.54, 1.807) is 19.0 Å². The summed E-state index contributed by atoms with van der Waals surface area (Å²) >= 11 is 0. The van der Waals surface area contributed by atoms with Crippen LogP contribution in [0.25, 0.3) is 0 Å². The first-order valence-corrected chi connectivity index (χ1v) is 5.09. The van der Waals surface area contributed by atoms with E-state index in [0.717, 1.165) is 0 Å². The topological polar surface area (TPSA) is 83.4 Å². The summed E-state index contributed by atoms with van der Waals surface area (Å²) in [5.74, 6) is 0.912. The van der Waals surface area contributed by atoms with Gasteiger partial charge in [-0.25, -0.2) is 0 Å². The number of aliphatic hydroxyl groups excluding tert-OH is 1. The molecule has 0 amide bonds. The Morgan fingerprint density at radius 2 is 2.12 bits per heavy atom. The predicted octanol–water partition coefficient (Wildman–Crippen LogP) is -0.260. The summed E-state index contributed by atoms with van der Waals surface area (Å²) in [6, 6.07) is 0.279. The van der Waals surface area contributed by atoms with E-state index in [0.29, 0.717) is 25.0 Å². The van der Waals surface area contributed by atoms with Crippen LogP contribution in [-0.2, 0) is 0 Å². The zero-order chi connectivity index (χ0) is 12.0. The number of rotatable bonds is 6. The maximum absolute atomic E-state index is 8.84. The summed E-state index contributed by atoms with van der Waals surface area (Å²) in [5.41, 5.74) is 0. The highest BCUT2D eigenvalue weighted by molar-refractivity contribution is 5.37. The molecule has 7 nitrogen and oxygen atoms in total. The molecule has 0 aliphatic carbocycles. The molecule has 0 radical (unpaired) electrons. The van der Waals surface area contributed by atoms with Gasteiger partial charge >= 0.3 is 6.01 Å². The van der Waals surface area contributed by atoms with E-state index in [4.69, 9.17) is 9.84 Å². The third-order valence-electron chi connectivity index (χ3n) is 1.88. The first kappa shape index (κ1) is 12.4. The second-order valence-corrected chi connectivity index (χ2v) is 3.07. The van der Waals surface area contributed by atoms with E-state index in [9.17, 15) is 0 Å². The van der Waals surface area contributed by atoms with Gasteiger partial charge in [-0.3, -0.25) is 0 Å². The number of hydrogen-bond acceptors (Lipinski definition) is 7. The first-order valence-electron chi connectivity index (χ1n) is 5.09. The van der Waals surface area contributed by atoms with Crippen LogP contribution in [-0.4, -0.2) is 53.9 Å². The number of aliphatic hydroxyl groups is 1. The van der Waals surface area contributed by atoms with Crippen LogP contribution in [0, 0.1) is 0 Å². The van der Waals surface area contributed by atoms with Crippen LogP contribution in [0.4, 0.5) is 11.9 Å². The van der Waals surface area contributed by atoms with E-state index in [2.05, 4.69) is 20.3 Å². The van der Waals surface area contributed by atoms with E-state index in [1.807, 2.05) is 6.92 Å². The lowest BCUT2D eigenvalue weighted by atomic mass is 10.6. The molecule has 0 aromatic carbocycles. The Balaban J connectivity index is 2.93. The molecule has 0 aliphatic rings. The second-order valence-electron chi connectivity index (χ2n) is 3.07. The maximum atomic E-state index is 8.84. The number of likely N-dealkylation sites (N-methyl/N-ethyl adjacent to an activating group) is 1. The summed E-state index contributed by atoms with van der Waals surface area (Å²) in [4.78, 5) is 14.0. The highest BCUT2D eigenvalue weighted by atomic mass is 16.5. The average molecular weight is 227 g/mol. The van der Waals surface area contributed by atoms with E-state index in [-0.39, 0.29) is 12.6 Å². The first-order chi connectivity index (χ1) is 7.71. The highest BCUT2D eigenvalue weighted by Gasteiger charge is 2.09. The number of ether oxygens (including phenoxy) is 1. The molecular weight excluding hydrogens is 210 g/mol. The zero-order valence-corrected chi connectivity index (χ0v) is 9.77. The molecule has 0 spiro atoms. The van der Waals surface area contributed by atoms with Crippen LogP contribution in [0.3, 0.4) is 0 Å². The van der Waals surface area contributed by atoms with Gasteiger partial charge in [-0.2, -0.15) is 15.0 Å². The van der Waals surface area contributed by atoms with Crippen LogP contribution >= 0.6 is 0 Å². The van der Waals surface area contributed by atoms with Crippen molar-refractivity contribution < 1.29 is 9.84 Å². The summed E-state index contributed by atoms with van der Waals surface area (Å²) in [6.45, 7) is 2.86. The van der Waals surface area contributed by atoms with Crippen LogP contribution < -0.4 is 15.0 Å². The van der Waals surface area contributed by atoms with Gasteiger partial charge in [0, 0.05) is 20.6 Å². The molecule has 0 fully saturated rings. The van der Waals surface area contributed by atoms with E-state index in [1.165, 1.54) is 0 Å². The van der Waals surface area contributed by atoms with Crippen LogP contribution in [0.2, 0.25) is 0 Å². The van der Waals surface area contributed by atoms with Crippen molar-refractivity contribution in [3.05, 3.63) is 0 Å². The molecule has 2 N–H and O–H groups in total. The molecule has 0 atom stereocenters. The molecule has 0 bridgehead atoms. The van der Waals surface area contributed by atoms with Crippen molar-refractivity contribution in [1.29, 1.82) is 0 Å². The van der Waals surface area contributed by atoms with Crippen LogP contribution in [0.15, 0.2) is 0 Å². The van der Waals surface area contributed by atoms with Gasteiger partial charge in [-0.15, -0.1) is 0 Å². The average Bonchev–Trinajstić information content (AvgIpc) is 2.29. The number of anilines is 2. The van der Waals surface area contributed by atoms with Crippen molar-refractivity contribution in [1.82, 2.24) is 15.0 Å². The standard InChI is InChI=1S/C9H17N5O2/c1-4-16-9-12-7(10-2)11-8(13-9)14(3)5-6-15/h15H,4-6H2,1-3H3,(H,10,11,12,13). The molecule has 7 heteroatoms. The van der Waals surface area contributed by atoms with Gasteiger partial charge in [-0.05, 0) is 6.92 Å². The lowest BCUT2D eigenvalue weighted by Crippen LogP contribution is -2.24. The minimum atomic E-state index is 0.0427. The Kier molecular flexibility index (Phi) is 4.71. The summed E-state index contributed by atoms with van der Waals surface area (Å²) < 4.78 is 5.23. The summed E-state index contributed by atoms with van der Waals surface area (Å²) in [7, 11) is 3.52. The third-order valence-corrected chi connectivity index (χ3v) is 1.88. The van der Waals surface area contributed by atoms with Gasteiger partial charge in [0.25, 0.3) is 0 Å². The molecule has 90 valence electrons. The van der Waals surface area contributed by atoms with Crippen LogP contribution in [0.1, 0.15) is 6.92 Å². The SMILES string of the molecule is CCOc1nc(NC)nc(N(C)CCO)n1. The normalized spacial score (nSPS) is 10.0. The monoisotopic (exact) mass is 227 g/mol. The van der Waals surface area contributed by atoms with Gasteiger partial charge in [0.15, 0.2) is 0 Å². The van der Waals surface area contributed by atoms with Crippen molar-refractivity contribution >= 4 is 11.9 Å². The van der Waals surface area contributed by atoms with Crippen molar-refractivity contribution in [2.75, 3.05) is 44.1 Å². The Labute approximate surface area is 94.5 Å². The summed E-state index contributed by atoms with van der Waals surface area (Å²) in [5, 5.41) is 11.7. The fourth-order valence-electron chi connectivity index (χ4n) is 1.07. The Morgan fingerprint density at radius 1 is 1.38 bits per heavy atom. The molecule has 0 saturated carbocycles. The van der Waals surface area contributed by atoms with Crippen molar-refractivity contribution in [2.45, 2.75) is 6.92 Å². The molecule has 1 aromatic heterocycles. The number of nitrogens with zero attached hydrogens (tertiary/aromatic N) is 4. The molecule has 0 saturated heterocycles. The lowest BCUT2D eigenvalue weighted by Gasteiger charge is -2.16. The van der Waals surface area contributed by atoms with Crippen LogP contribution in [0.5, 0.6) is 6.01 Å². The zero-order valence-electron chi connectivity index (χ0n) is 9.77. The minimum absolute atomic E-state index is 0.0427. The number of aromatic nitrogens is 3. The summed E-state index contributed by atoms with van der Waals surface area (Å²) in [6.07, 6.45) is 0. The molecule has 16 heavy (non-hydrogen) atoms. The fraction of sp³-hybridized carbons (Fsp3) is 0.667. The van der Waals surface area contributed by atoms with Gasteiger partial charge in [0.05, 0.1) is 13.2 Å². The molecule has 1 aromatic rings. The Bertz CT molecular complexity index is 334. The highest BCUT2D eigenvalue weighted by Crippen LogP contribution is 2.13. The Hall–Kier alpha value is -1.63. The fourth-order valence-corrected chi connectivity index (χ4v) is 1.07. The van der Waals surface area contributed by atoms with Crippen molar-refractivity contribution in [2.24, 2.45) is 0 Å². The molecular formula is C9H17N5O2. The van der Waals surface area contributed by atoms with E-state index >= 15 is 0 Å². The maximum Gasteiger partial charge on any atom is 0.323 e. The van der Waals surface area contributed by atoms with Crippen molar-refractivity contribution in [3.8, 4) is 6.01 Å². The molecule has 0 unspecified atom stereocenters. The lowest BCUT2D eigenvalue weighted by molar-refractivity contribution is 0.301. The predicted molar refractivity (Wildman–Crippen MR) is 60.9 cm³/mol.